The Bertz CT molecular complexity index is 420. The summed E-state index contributed by atoms with van der Waals surface area (Å²) in [7, 11) is 0. The predicted octanol–water partition coefficient (Wildman–Crippen LogP) is 1.52. The van der Waals surface area contributed by atoms with Crippen LogP contribution in [0, 0.1) is 5.92 Å². The zero-order chi connectivity index (χ0) is 13.5. The molecule has 2 fully saturated rings. The van der Waals surface area contributed by atoms with Crippen LogP contribution in [-0.4, -0.2) is 48.3 Å². The summed E-state index contributed by atoms with van der Waals surface area (Å²) in [6, 6.07) is 0.0818. The molecule has 0 aromatic rings. The predicted molar refractivity (Wildman–Crippen MR) is 71.7 cm³/mol. The molecule has 4 heteroatoms. The highest BCUT2D eigenvalue weighted by Gasteiger charge is 2.61. The molecule has 0 aliphatic carbocycles. The van der Waals surface area contributed by atoms with Gasteiger partial charge in [-0.05, 0) is 13.3 Å². The van der Waals surface area contributed by atoms with Crippen LogP contribution in [0.4, 0.5) is 0 Å². The number of hydrogen-bond donors (Lipinski definition) is 0. The van der Waals surface area contributed by atoms with Crippen LogP contribution in [0.5, 0.6) is 0 Å². The van der Waals surface area contributed by atoms with Crippen molar-refractivity contribution in [3.63, 3.8) is 0 Å². The summed E-state index contributed by atoms with van der Waals surface area (Å²) in [6.45, 7) is 7.86. The molecule has 104 valence electrons. The molecule has 2 bridgehead atoms. The van der Waals surface area contributed by atoms with Crippen LogP contribution in [0.25, 0.3) is 0 Å². The summed E-state index contributed by atoms with van der Waals surface area (Å²) >= 11 is 0. The molecule has 0 amide bonds. The molecule has 3 heterocycles. The Kier molecular flexibility index (Phi) is 3.23. The van der Waals surface area contributed by atoms with E-state index < -0.39 is 0 Å². The van der Waals surface area contributed by atoms with Crippen molar-refractivity contribution < 1.29 is 14.3 Å². The van der Waals surface area contributed by atoms with Gasteiger partial charge in [0.05, 0.1) is 25.2 Å². The fourth-order valence-electron chi connectivity index (χ4n) is 3.83. The molecule has 0 aromatic heterocycles. The molecule has 0 saturated carbocycles. The van der Waals surface area contributed by atoms with E-state index in [-0.39, 0.29) is 23.7 Å². The average molecular weight is 263 g/mol. The first-order valence-corrected chi connectivity index (χ1v) is 7.07. The van der Waals surface area contributed by atoms with Crippen molar-refractivity contribution in [1.82, 2.24) is 4.90 Å². The highest BCUT2D eigenvalue weighted by Crippen LogP contribution is 2.51. The van der Waals surface area contributed by atoms with Gasteiger partial charge in [0.1, 0.15) is 5.60 Å². The van der Waals surface area contributed by atoms with Gasteiger partial charge >= 0.3 is 5.97 Å². The van der Waals surface area contributed by atoms with E-state index >= 15 is 0 Å². The van der Waals surface area contributed by atoms with Crippen LogP contribution in [0.15, 0.2) is 24.8 Å². The van der Waals surface area contributed by atoms with Crippen molar-refractivity contribution >= 4 is 5.97 Å². The first-order valence-electron chi connectivity index (χ1n) is 7.07. The van der Waals surface area contributed by atoms with E-state index in [4.69, 9.17) is 9.47 Å². The number of hydrogen-bond acceptors (Lipinski definition) is 4. The summed E-state index contributed by atoms with van der Waals surface area (Å²) in [5.74, 6) is 0.366. The Morgan fingerprint density at radius 3 is 3.21 bits per heavy atom. The number of ether oxygens (including phenoxy) is 2. The van der Waals surface area contributed by atoms with Crippen LogP contribution in [0.1, 0.15) is 19.8 Å². The average Bonchev–Trinajstić information content (AvgIpc) is 3.01. The van der Waals surface area contributed by atoms with E-state index in [1.54, 1.807) is 0 Å². The Hall–Kier alpha value is -1.13. The van der Waals surface area contributed by atoms with Gasteiger partial charge in [-0.25, -0.2) is 0 Å². The van der Waals surface area contributed by atoms with Gasteiger partial charge in [0, 0.05) is 19.0 Å². The van der Waals surface area contributed by atoms with E-state index in [0.717, 1.165) is 19.5 Å². The third kappa shape index (κ3) is 1.94. The lowest BCUT2D eigenvalue weighted by atomic mass is 9.81. The van der Waals surface area contributed by atoms with Crippen molar-refractivity contribution in [2.24, 2.45) is 5.92 Å². The number of carbonyl (C=O) groups excluding carboxylic acids is 1. The largest absolute Gasteiger partial charge is 0.466 e. The van der Waals surface area contributed by atoms with E-state index in [9.17, 15) is 4.79 Å². The summed E-state index contributed by atoms with van der Waals surface area (Å²) in [4.78, 5) is 14.2. The molecule has 19 heavy (non-hydrogen) atoms. The van der Waals surface area contributed by atoms with Crippen LogP contribution in [0.3, 0.4) is 0 Å². The van der Waals surface area contributed by atoms with Gasteiger partial charge < -0.3 is 9.47 Å². The maximum atomic E-state index is 11.9. The molecule has 3 aliphatic heterocycles. The molecule has 3 rings (SSSR count). The smallest absolute Gasteiger partial charge is 0.307 e. The minimum absolute atomic E-state index is 0.0818. The Balaban J connectivity index is 1.81. The standard InChI is InChI=1S/C15H21NO3/c1-3-7-16-10-11-8-12-5-6-15(11,19-12)13(16)9-14(17)18-4-2/h3,5-6,11-13H,1,4,7-10H2,2H3/t11-,12+,13+,15-/m0/s1. The fraction of sp³-hybridized carbons (Fsp3) is 0.667. The van der Waals surface area contributed by atoms with Crippen molar-refractivity contribution in [1.29, 1.82) is 0 Å². The van der Waals surface area contributed by atoms with Crippen molar-refractivity contribution in [2.45, 2.75) is 37.5 Å². The minimum Gasteiger partial charge on any atom is -0.466 e. The first-order chi connectivity index (χ1) is 9.19. The Morgan fingerprint density at radius 1 is 1.68 bits per heavy atom. The molecular formula is C15H21NO3. The quantitative estimate of drug-likeness (QED) is 0.557. The van der Waals surface area contributed by atoms with Crippen LogP contribution >= 0.6 is 0 Å². The Labute approximate surface area is 114 Å². The summed E-state index contributed by atoms with van der Waals surface area (Å²) < 4.78 is 11.3. The van der Waals surface area contributed by atoms with Gasteiger partial charge in [0.15, 0.2) is 0 Å². The maximum Gasteiger partial charge on any atom is 0.307 e. The van der Waals surface area contributed by atoms with Gasteiger partial charge in [0.25, 0.3) is 0 Å². The van der Waals surface area contributed by atoms with E-state index in [1.165, 1.54) is 0 Å². The molecule has 3 aliphatic rings. The normalized spacial score (nSPS) is 39.5. The fourth-order valence-corrected chi connectivity index (χ4v) is 3.83. The number of esters is 1. The van der Waals surface area contributed by atoms with E-state index in [0.29, 0.717) is 18.9 Å². The number of nitrogens with zero attached hydrogens (tertiary/aromatic N) is 1. The lowest BCUT2D eigenvalue weighted by molar-refractivity contribution is -0.146. The lowest BCUT2D eigenvalue weighted by Gasteiger charge is -2.32. The second kappa shape index (κ2) is 4.76. The van der Waals surface area contributed by atoms with Crippen LogP contribution in [0.2, 0.25) is 0 Å². The maximum absolute atomic E-state index is 11.9. The molecule has 0 aromatic carbocycles. The summed E-state index contributed by atoms with van der Waals surface area (Å²) in [5, 5.41) is 0. The molecule has 1 spiro atoms. The second-order valence-electron chi connectivity index (χ2n) is 5.57. The molecule has 0 unspecified atom stereocenters. The molecule has 4 nitrogen and oxygen atoms in total. The zero-order valence-electron chi connectivity index (χ0n) is 11.4. The molecule has 4 atom stereocenters. The van der Waals surface area contributed by atoms with E-state index in [2.05, 4.69) is 23.6 Å². The third-order valence-electron chi connectivity index (χ3n) is 4.53. The van der Waals surface area contributed by atoms with Gasteiger partial charge in [-0.2, -0.15) is 0 Å². The third-order valence-corrected chi connectivity index (χ3v) is 4.53. The van der Waals surface area contributed by atoms with Crippen molar-refractivity contribution in [3.05, 3.63) is 24.8 Å². The van der Waals surface area contributed by atoms with Gasteiger partial charge in [-0.1, -0.05) is 18.2 Å². The van der Waals surface area contributed by atoms with Gasteiger partial charge in [-0.3, -0.25) is 9.69 Å². The monoisotopic (exact) mass is 263 g/mol. The van der Waals surface area contributed by atoms with Crippen LogP contribution < -0.4 is 0 Å². The lowest BCUT2D eigenvalue weighted by Crippen LogP contribution is -2.46. The number of likely N-dealkylation sites (tertiary alicyclic amines) is 1. The Morgan fingerprint density at radius 2 is 2.53 bits per heavy atom. The molecule has 0 N–H and O–H groups in total. The molecular weight excluding hydrogens is 242 g/mol. The van der Waals surface area contributed by atoms with Crippen molar-refractivity contribution in [3.8, 4) is 0 Å². The van der Waals surface area contributed by atoms with Crippen LogP contribution in [-0.2, 0) is 14.3 Å². The van der Waals surface area contributed by atoms with E-state index in [1.807, 2.05) is 13.0 Å². The summed E-state index contributed by atoms with van der Waals surface area (Å²) in [5.41, 5.74) is -0.263. The number of rotatable bonds is 5. The van der Waals surface area contributed by atoms with Gasteiger partial charge in [0.2, 0.25) is 0 Å². The topological polar surface area (TPSA) is 38.8 Å². The second-order valence-corrected chi connectivity index (χ2v) is 5.57. The minimum atomic E-state index is -0.263. The molecule has 0 radical (unpaired) electrons. The van der Waals surface area contributed by atoms with Crippen molar-refractivity contribution in [2.75, 3.05) is 19.7 Å². The highest BCUT2D eigenvalue weighted by molar-refractivity contribution is 5.70. The summed E-state index contributed by atoms with van der Waals surface area (Å²) in [6.07, 6.45) is 7.94. The SMILES string of the molecule is C=CCN1C[C@@H]2C[C@H]3C=C[C@@]2(O3)[C@H]1CC(=O)OCC. The first kappa shape index (κ1) is 12.9. The number of fused-ring (bicyclic) bond motifs is 1. The zero-order valence-corrected chi connectivity index (χ0v) is 11.4. The molecule has 2 saturated heterocycles. The van der Waals surface area contributed by atoms with Gasteiger partial charge in [-0.15, -0.1) is 6.58 Å². The number of carbonyl (C=O) groups is 1. The highest BCUT2D eigenvalue weighted by atomic mass is 16.5.